The van der Waals surface area contributed by atoms with Crippen molar-refractivity contribution in [3.05, 3.63) is 29.3 Å². The van der Waals surface area contributed by atoms with Crippen LogP contribution in [0, 0.1) is 6.92 Å². The van der Waals surface area contributed by atoms with E-state index in [9.17, 15) is 9.59 Å². The largest absolute Gasteiger partial charge is 0.467 e. The van der Waals surface area contributed by atoms with Crippen molar-refractivity contribution >= 4 is 30.0 Å². The Balaban J connectivity index is 0.00000264. The van der Waals surface area contributed by atoms with E-state index in [0.29, 0.717) is 24.1 Å². The highest BCUT2D eigenvalue weighted by molar-refractivity contribution is 5.99. The van der Waals surface area contributed by atoms with Crippen LogP contribution in [-0.4, -0.2) is 24.5 Å². The Morgan fingerprint density at radius 1 is 1.17 bits per heavy atom. The first-order valence-corrected chi connectivity index (χ1v) is 7.75. The molecule has 3 N–H and O–H groups in total. The lowest BCUT2D eigenvalue weighted by Crippen LogP contribution is -2.54. The van der Waals surface area contributed by atoms with Gasteiger partial charge < -0.3 is 15.8 Å². The van der Waals surface area contributed by atoms with Crippen molar-refractivity contribution in [2.24, 2.45) is 0 Å². The molecular weight excluding hydrogens is 316 g/mol. The molecule has 5 nitrogen and oxygen atoms in total. The van der Waals surface area contributed by atoms with Crippen LogP contribution in [0.25, 0.3) is 0 Å². The molecular formula is C17H25ClN2O3. The van der Waals surface area contributed by atoms with Gasteiger partial charge in [-0.3, -0.25) is 4.79 Å². The van der Waals surface area contributed by atoms with E-state index in [-0.39, 0.29) is 24.3 Å². The van der Waals surface area contributed by atoms with E-state index < -0.39 is 5.54 Å². The average Bonchev–Trinajstić information content (AvgIpc) is 2.75. The van der Waals surface area contributed by atoms with Crippen molar-refractivity contribution in [3.8, 4) is 0 Å². The highest BCUT2D eigenvalue weighted by atomic mass is 35.5. The number of ether oxygens (including phenoxy) is 1. The predicted octanol–water partition coefficient (Wildman–Crippen LogP) is 2.99. The number of nitrogen functional groups attached to an aromatic ring is 1. The zero-order chi connectivity index (χ0) is 16.2. The first-order chi connectivity index (χ1) is 10.5. The Kier molecular flexibility index (Phi) is 6.88. The molecule has 0 aromatic heterocycles. The van der Waals surface area contributed by atoms with Gasteiger partial charge in [-0.25, -0.2) is 4.79 Å². The van der Waals surface area contributed by atoms with Crippen molar-refractivity contribution < 1.29 is 14.3 Å². The minimum atomic E-state index is -0.917. The van der Waals surface area contributed by atoms with Gasteiger partial charge in [0.05, 0.1) is 7.11 Å². The van der Waals surface area contributed by atoms with Gasteiger partial charge in [0.1, 0.15) is 5.54 Å². The van der Waals surface area contributed by atoms with Crippen LogP contribution in [0.5, 0.6) is 0 Å². The summed E-state index contributed by atoms with van der Waals surface area (Å²) in [5.41, 5.74) is 6.73. The lowest BCUT2D eigenvalue weighted by molar-refractivity contribution is -0.148. The van der Waals surface area contributed by atoms with E-state index in [1.54, 1.807) is 12.1 Å². The zero-order valence-corrected chi connectivity index (χ0v) is 14.5. The van der Waals surface area contributed by atoms with E-state index in [0.717, 1.165) is 31.2 Å². The number of rotatable bonds is 3. The standard InChI is InChI=1S/C17H24N2O3.ClH/c1-12-7-8-13(18)11-14(12)15(20)19-17(16(21)22-2)9-5-3-4-6-10-17;/h7-8,11H,3-6,9-10,18H2,1-2H3,(H,19,20);1H. The van der Waals surface area contributed by atoms with Crippen LogP contribution in [0.3, 0.4) is 0 Å². The maximum absolute atomic E-state index is 12.6. The Bertz CT molecular complexity index is 567. The Hall–Kier alpha value is -1.75. The molecule has 6 heteroatoms. The van der Waals surface area contributed by atoms with Gasteiger partial charge in [0.2, 0.25) is 0 Å². The van der Waals surface area contributed by atoms with E-state index in [4.69, 9.17) is 10.5 Å². The van der Waals surface area contributed by atoms with Crippen LogP contribution in [-0.2, 0) is 9.53 Å². The topological polar surface area (TPSA) is 81.4 Å². The third-order valence-electron chi connectivity index (χ3n) is 4.39. The molecule has 1 saturated carbocycles. The van der Waals surface area contributed by atoms with Gasteiger partial charge in [-0.1, -0.05) is 31.7 Å². The first kappa shape index (κ1) is 19.3. The molecule has 0 saturated heterocycles. The smallest absolute Gasteiger partial charge is 0.331 e. The normalized spacial score (nSPS) is 16.6. The molecule has 1 aromatic rings. The number of methoxy groups -OCH3 is 1. The summed E-state index contributed by atoms with van der Waals surface area (Å²) in [4.78, 5) is 24.9. The molecule has 0 heterocycles. The van der Waals surface area contributed by atoms with Crippen molar-refractivity contribution in [1.29, 1.82) is 0 Å². The predicted molar refractivity (Wildman–Crippen MR) is 92.8 cm³/mol. The molecule has 0 bridgehead atoms. The Morgan fingerprint density at radius 3 is 2.35 bits per heavy atom. The van der Waals surface area contributed by atoms with Crippen LogP contribution >= 0.6 is 12.4 Å². The van der Waals surface area contributed by atoms with Gasteiger partial charge in [-0.05, 0) is 37.5 Å². The molecule has 1 aromatic carbocycles. The molecule has 128 valence electrons. The summed E-state index contributed by atoms with van der Waals surface area (Å²) in [6.45, 7) is 1.85. The third kappa shape index (κ3) is 4.38. The number of nitrogens with two attached hydrogens (primary N) is 1. The number of amides is 1. The highest BCUT2D eigenvalue weighted by Crippen LogP contribution is 2.29. The molecule has 1 aliphatic rings. The van der Waals surface area contributed by atoms with E-state index in [2.05, 4.69) is 5.32 Å². The number of aryl methyl sites for hydroxylation is 1. The quantitative estimate of drug-likeness (QED) is 0.503. The minimum absolute atomic E-state index is 0. The summed E-state index contributed by atoms with van der Waals surface area (Å²) in [7, 11) is 1.37. The van der Waals surface area contributed by atoms with Gasteiger partial charge in [0.25, 0.3) is 5.91 Å². The second-order valence-electron chi connectivity index (χ2n) is 6.02. The monoisotopic (exact) mass is 340 g/mol. The van der Waals surface area contributed by atoms with Gasteiger partial charge in [0, 0.05) is 11.3 Å². The summed E-state index contributed by atoms with van der Waals surface area (Å²) >= 11 is 0. The first-order valence-electron chi connectivity index (χ1n) is 7.75. The second-order valence-corrected chi connectivity index (χ2v) is 6.02. The maximum atomic E-state index is 12.6. The number of hydrogen-bond acceptors (Lipinski definition) is 4. The van der Waals surface area contributed by atoms with Crippen molar-refractivity contribution in [2.75, 3.05) is 12.8 Å². The number of esters is 1. The molecule has 0 radical (unpaired) electrons. The highest BCUT2D eigenvalue weighted by Gasteiger charge is 2.41. The van der Waals surface area contributed by atoms with Crippen LogP contribution in [0.2, 0.25) is 0 Å². The molecule has 2 rings (SSSR count). The number of anilines is 1. The van der Waals surface area contributed by atoms with Crippen molar-refractivity contribution in [2.45, 2.75) is 51.0 Å². The van der Waals surface area contributed by atoms with Gasteiger partial charge in [0.15, 0.2) is 0 Å². The Morgan fingerprint density at radius 2 is 1.78 bits per heavy atom. The molecule has 1 fully saturated rings. The minimum Gasteiger partial charge on any atom is -0.467 e. The van der Waals surface area contributed by atoms with Crippen molar-refractivity contribution in [1.82, 2.24) is 5.32 Å². The fourth-order valence-electron chi connectivity index (χ4n) is 3.08. The summed E-state index contributed by atoms with van der Waals surface area (Å²) in [6, 6.07) is 5.21. The Labute approximate surface area is 143 Å². The molecule has 0 spiro atoms. The van der Waals surface area contributed by atoms with E-state index >= 15 is 0 Å². The molecule has 1 amide bonds. The molecule has 0 aliphatic heterocycles. The number of benzene rings is 1. The molecule has 1 aliphatic carbocycles. The molecule has 0 atom stereocenters. The average molecular weight is 341 g/mol. The summed E-state index contributed by atoms with van der Waals surface area (Å²) in [5.74, 6) is -0.624. The van der Waals surface area contributed by atoms with Crippen LogP contribution in [0.4, 0.5) is 5.69 Å². The van der Waals surface area contributed by atoms with Gasteiger partial charge >= 0.3 is 5.97 Å². The van der Waals surface area contributed by atoms with Crippen LogP contribution in [0.15, 0.2) is 18.2 Å². The van der Waals surface area contributed by atoms with E-state index in [1.807, 2.05) is 13.0 Å². The van der Waals surface area contributed by atoms with Crippen LogP contribution in [0.1, 0.15) is 54.4 Å². The maximum Gasteiger partial charge on any atom is 0.331 e. The molecule has 0 unspecified atom stereocenters. The third-order valence-corrected chi connectivity index (χ3v) is 4.39. The lowest BCUT2D eigenvalue weighted by atomic mass is 9.89. The summed E-state index contributed by atoms with van der Waals surface area (Å²) < 4.78 is 4.96. The number of hydrogen-bond donors (Lipinski definition) is 2. The van der Waals surface area contributed by atoms with Gasteiger partial charge in [-0.2, -0.15) is 0 Å². The number of carbonyl (C=O) groups excluding carboxylic acids is 2. The van der Waals surface area contributed by atoms with E-state index in [1.165, 1.54) is 7.11 Å². The number of halogens is 1. The fraction of sp³-hybridized carbons (Fsp3) is 0.529. The lowest BCUT2D eigenvalue weighted by Gasteiger charge is -2.31. The van der Waals surface area contributed by atoms with Crippen LogP contribution < -0.4 is 11.1 Å². The second kappa shape index (κ2) is 8.20. The summed E-state index contributed by atoms with van der Waals surface area (Å²) in [5, 5.41) is 2.94. The van der Waals surface area contributed by atoms with Crippen molar-refractivity contribution in [3.63, 3.8) is 0 Å². The SMILES string of the molecule is COC(=O)C1(NC(=O)c2cc(N)ccc2C)CCCCCC1.Cl. The number of nitrogens with one attached hydrogen (secondary N) is 1. The zero-order valence-electron chi connectivity index (χ0n) is 13.7. The fourth-order valence-corrected chi connectivity index (χ4v) is 3.08. The molecule has 23 heavy (non-hydrogen) atoms. The number of carbonyl (C=O) groups is 2. The summed E-state index contributed by atoms with van der Waals surface area (Å²) in [6.07, 6.45) is 5.20. The van der Waals surface area contributed by atoms with Gasteiger partial charge in [-0.15, -0.1) is 12.4 Å².